The van der Waals surface area contributed by atoms with Crippen LogP contribution in [-0.2, 0) is 25.3 Å². The zero-order valence-electron chi connectivity index (χ0n) is 27.1. The third-order valence-corrected chi connectivity index (χ3v) is 8.54. The van der Waals surface area contributed by atoms with E-state index >= 15 is 0 Å². The maximum Gasteiger partial charge on any atom is 0.343 e. The van der Waals surface area contributed by atoms with Crippen molar-refractivity contribution in [1.82, 2.24) is 4.90 Å². The van der Waals surface area contributed by atoms with Crippen LogP contribution in [-0.4, -0.2) is 66.7 Å². The van der Waals surface area contributed by atoms with E-state index in [9.17, 15) is 14.4 Å². The second kappa shape index (κ2) is 11.9. The number of hydrogen-bond acceptors (Lipinski definition) is 7. The Labute approximate surface area is 252 Å². The van der Waals surface area contributed by atoms with Gasteiger partial charge in [0.2, 0.25) is 6.41 Å². The molecule has 1 aromatic rings. The second-order valence-electron chi connectivity index (χ2n) is 15.7. The monoisotopic (exact) mass is 583 g/mol. The Hall–Kier alpha value is -2.55. The quantitative estimate of drug-likeness (QED) is 0.200. The molecule has 42 heavy (non-hydrogen) atoms. The number of likely N-dealkylation sites (tertiary alicyclic amines) is 1. The first-order valence-electron chi connectivity index (χ1n) is 15.5. The average molecular weight is 584 g/mol. The minimum atomic E-state index is -0.781. The average Bonchev–Trinajstić information content (AvgIpc) is 3.05. The van der Waals surface area contributed by atoms with Gasteiger partial charge in [0.1, 0.15) is 28.6 Å². The summed E-state index contributed by atoms with van der Waals surface area (Å²) in [6.07, 6.45) is 7.62. The van der Waals surface area contributed by atoms with Gasteiger partial charge in [-0.3, -0.25) is 4.79 Å². The van der Waals surface area contributed by atoms with E-state index in [0.29, 0.717) is 30.5 Å². The van der Waals surface area contributed by atoms with E-state index in [0.717, 1.165) is 31.9 Å². The molecule has 8 nitrogen and oxygen atoms in total. The summed E-state index contributed by atoms with van der Waals surface area (Å²) in [5.74, 6) is -0.961. The zero-order valence-corrected chi connectivity index (χ0v) is 27.1. The van der Waals surface area contributed by atoms with Gasteiger partial charge in [-0.05, 0) is 102 Å². The Morgan fingerprint density at radius 1 is 1.02 bits per heavy atom. The third kappa shape index (κ3) is 7.88. The number of rotatable bonds is 8. The fourth-order valence-corrected chi connectivity index (χ4v) is 6.97. The van der Waals surface area contributed by atoms with Gasteiger partial charge in [0, 0.05) is 6.10 Å². The van der Waals surface area contributed by atoms with Gasteiger partial charge in [0.15, 0.2) is 0 Å². The van der Waals surface area contributed by atoms with Gasteiger partial charge in [0.25, 0.3) is 6.92 Å². The van der Waals surface area contributed by atoms with E-state index in [4.69, 9.17) is 18.9 Å². The lowest BCUT2D eigenvalue weighted by molar-refractivity contribution is -0.126. The largest absolute Gasteiger partial charge is 0.486 e. The second-order valence-corrected chi connectivity index (χ2v) is 15.7. The molecule has 1 aliphatic carbocycles. The molecule has 232 valence electrons. The van der Waals surface area contributed by atoms with E-state index in [1.54, 1.807) is 52.5 Å². The summed E-state index contributed by atoms with van der Waals surface area (Å²) in [7, 11) is 0. The molecule has 2 atom stereocenters. The number of aryl methyl sites for hydroxylation is 1. The van der Waals surface area contributed by atoms with Crippen molar-refractivity contribution in [2.45, 2.75) is 130 Å². The highest BCUT2D eigenvalue weighted by molar-refractivity contribution is 6.53. The summed E-state index contributed by atoms with van der Waals surface area (Å²) < 4.78 is 24.4. The fraction of sp³-hybridized carbons (Fsp3) is 0.727. The Kier molecular flexibility index (Phi) is 9.14. The molecule has 3 aliphatic rings. The van der Waals surface area contributed by atoms with Crippen LogP contribution in [0.25, 0.3) is 0 Å². The van der Waals surface area contributed by atoms with Crippen molar-refractivity contribution >= 4 is 25.3 Å². The lowest BCUT2D eigenvalue weighted by Crippen LogP contribution is -2.53. The van der Waals surface area contributed by atoms with Crippen molar-refractivity contribution in [3.05, 3.63) is 28.8 Å². The predicted octanol–water partition coefficient (Wildman–Crippen LogP) is 6.36. The Morgan fingerprint density at radius 2 is 1.64 bits per heavy atom. The Bertz CT molecular complexity index is 1180. The zero-order chi connectivity index (χ0) is 31.1. The molecule has 1 saturated carbocycles. The molecule has 0 N–H and O–H groups in total. The highest BCUT2D eigenvalue weighted by Crippen LogP contribution is 2.52. The molecule has 0 bridgehead atoms. The number of nitrogens with zero attached hydrogens (tertiary/aromatic N) is 1. The van der Waals surface area contributed by atoms with Crippen LogP contribution in [0.3, 0.4) is 0 Å². The number of carbonyl (C=O) groups is 3. The Balaban J connectivity index is 1.66. The molecule has 9 heteroatoms. The number of esters is 2. The standard InChI is InChI=1S/C33H50BNO7/c1-30(2,3)40-28(37)26-22(14-16-34-20-33(9)19-32(7,8)15-10-11-25(33)42-34)12-13-24(39-23-17-35(18-23)21-36)27(26)29(38)41-31(4,5)6/h12-13,21,23,25H,10-11,14-20H2,1-9H3. The van der Waals surface area contributed by atoms with E-state index in [2.05, 4.69) is 20.8 Å². The van der Waals surface area contributed by atoms with Gasteiger partial charge >= 0.3 is 11.9 Å². The molecule has 2 saturated heterocycles. The molecule has 0 spiro atoms. The van der Waals surface area contributed by atoms with Crippen LogP contribution in [0, 0.1) is 10.8 Å². The molecule has 0 radical (unpaired) electrons. The van der Waals surface area contributed by atoms with Crippen LogP contribution < -0.4 is 4.74 Å². The molecule has 0 aromatic heterocycles. The lowest BCUT2D eigenvalue weighted by atomic mass is 9.54. The van der Waals surface area contributed by atoms with Gasteiger partial charge in [-0.1, -0.05) is 33.3 Å². The number of carbonyl (C=O) groups excluding carboxylic acids is 3. The number of fused-ring (bicyclic) bond motifs is 1. The smallest absolute Gasteiger partial charge is 0.343 e. The highest BCUT2D eigenvalue weighted by Gasteiger charge is 2.50. The topological polar surface area (TPSA) is 91.4 Å². The van der Waals surface area contributed by atoms with E-state index in [1.165, 1.54) is 12.8 Å². The van der Waals surface area contributed by atoms with Gasteiger partial charge in [-0.15, -0.1) is 0 Å². The van der Waals surface area contributed by atoms with Crippen molar-refractivity contribution in [2.24, 2.45) is 10.8 Å². The summed E-state index contributed by atoms with van der Waals surface area (Å²) in [4.78, 5) is 40.2. The van der Waals surface area contributed by atoms with Crippen molar-refractivity contribution in [3.8, 4) is 5.75 Å². The van der Waals surface area contributed by atoms with Crippen molar-refractivity contribution in [3.63, 3.8) is 0 Å². The summed E-state index contributed by atoms with van der Waals surface area (Å²) in [6.45, 7) is 18.8. The number of benzene rings is 1. The van der Waals surface area contributed by atoms with Crippen LogP contribution in [0.4, 0.5) is 0 Å². The molecular formula is C33H50BNO7. The molecule has 1 amide bonds. The van der Waals surface area contributed by atoms with Crippen LogP contribution in [0.15, 0.2) is 12.1 Å². The van der Waals surface area contributed by atoms with Crippen LogP contribution in [0.1, 0.15) is 114 Å². The number of amides is 1. The van der Waals surface area contributed by atoms with Crippen molar-refractivity contribution in [2.75, 3.05) is 13.1 Å². The minimum Gasteiger partial charge on any atom is -0.486 e. The molecule has 2 heterocycles. The Morgan fingerprint density at radius 3 is 2.24 bits per heavy atom. The van der Waals surface area contributed by atoms with Crippen LogP contribution >= 0.6 is 0 Å². The first kappa shape index (κ1) is 32.4. The highest BCUT2D eigenvalue weighted by atomic mass is 16.6. The van der Waals surface area contributed by atoms with Crippen molar-refractivity contribution in [1.29, 1.82) is 0 Å². The van der Waals surface area contributed by atoms with Gasteiger partial charge in [-0.25, -0.2) is 9.59 Å². The van der Waals surface area contributed by atoms with E-state index in [-0.39, 0.29) is 41.4 Å². The molecule has 3 fully saturated rings. The summed E-state index contributed by atoms with van der Waals surface area (Å²) in [6, 6.07) is 3.60. The molecule has 2 unspecified atom stereocenters. The van der Waals surface area contributed by atoms with Crippen molar-refractivity contribution < 1.29 is 33.2 Å². The molecule has 4 rings (SSSR count). The normalized spacial score (nSPS) is 24.4. The maximum atomic E-state index is 13.8. The fourth-order valence-electron chi connectivity index (χ4n) is 6.97. The SMILES string of the molecule is CC1(C)CCCC2OB(CCc3ccc(OC4CN(C=O)C4)c(C(=O)OC(C)(C)C)c3C(=O)OC(C)(C)C)CC2(C)C1. The summed E-state index contributed by atoms with van der Waals surface area (Å²) >= 11 is 0. The molecular weight excluding hydrogens is 533 g/mol. The molecule has 2 aliphatic heterocycles. The summed E-state index contributed by atoms with van der Waals surface area (Å²) in [5, 5.41) is 0. The van der Waals surface area contributed by atoms with E-state index in [1.807, 2.05) is 6.07 Å². The minimum absolute atomic E-state index is 0.0746. The van der Waals surface area contributed by atoms with Gasteiger partial charge < -0.3 is 23.8 Å². The first-order chi connectivity index (χ1) is 19.4. The van der Waals surface area contributed by atoms with Crippen LogP contribution in [0.5, 0.6) is 5.75 Å². The number of ether oxygens (including phenoxy) is 3. The maximum absolute atomic E-state index is 13.8. The molecule has 1 aromatic carbocycles. The van der Waals surface area contributed by atoms with Crippen LogP contribution in [0.2, 0.25) is 12.6 Å². The lowest BCUT2D eigenvalue weighted by Gasteiger charge is -2.36. The van der Waals surface area contributed by atoms with Gasteiger partial charge in [0.05, 0.1) is 18.7 Å². The summed E-state index contributed by atoms with van der Waals surface area (Å²) in [5.41, 5.74) is -0.143. The predicted molar refractivity (Wildman–Crippen MR) is 163 cm³/mol. The first-order valence-corrected chi connectivity index (χ1v) is 15.5. The number of hydrogen-bond donors (Lipinski definition) is 0. The van der Waals surface area contributed by atoms with Gasteiger partial charge in [-0.2, -0.15) is 0 Å². The third-order valence-electron chi connectivity index (χ3n) is 8.54. The van der Waals surface area contributed by atoms with E-state index < -0.39 is 23.1 Å².